The zero-order valence-electron chi connectivity index (χ0n) is 15.7. The second-order valence-electron chi connectivity index (χ2n) is 6.29. The molecule has 0 spiro atoms. The van der Waals surface area contributed by atoms with Gasteiger partial charge >= 0.3 is 0 Å². The van der Waals surface area contributed by atoms with Crippen molar-refractivity contribution in [2.45, 2.75) is 6.54 Å². The number of likely N-dealkylation sites (N-methyl/N-ethyl adjacent to an activating group) is 1. The summed E-state index contributed by atoms with van der Waals surface area (Å²) < 4.78 is 10.7. The fraction of sp³-hybridized carbons (Fsp3) is 0.238. The van der Waals surface area contributed by atoms with Crippen LogP contribution in [0.2, 0.25) is 0 Å². The summed E-state index contributed by atoms with van der Waals surface area (Å²) >= 11 is 0. The Labute approximate surface area is 158 Å². The van der Waals surface area contributed by atoms with Gasteiger partial charge in [-0.25, -0.2) is 0 Å². The molecule has 0 aliphatic carbocycles. The summed E-state index contributed by atoms with van der Waals surface area (Å²) in [6.45, 7) is 4.25. The molecule has 2 aromatic rings. The van der Waals surface area contributed by atoms with E-state index in [1.165, 1.54) is 4.90 Å². The van der Waals surface area contributed by atoms with Crippen LogP contribution in [0.3, 0.4) is 0 Å². The zero-order chi connectivity index (χ0) is 19.6. The number of fused-ring (bicyclic) bond motifs is 1. The number of ether oxygens (including phenoxy) is 2. The van der Waals surface area contributed by atoms with Crippen LogP contribution >= 0.6 is 0 Å². The number of carbonyl (C=O) groups excluding carboxylic acids is 2. The van der Waals surface area contributed by atoms with Crippen LogP contribution < -0.4 is 9.47 Å². The maximum atomic E-state index is 12.7. The summed E-state index contributed by atoms with van der Waals surface area (Å²) in [6, 6.07) is 12.8. The van der Waals surface area contributed by atoms with Gasteiger partial charge in [-0.15, -0.1) is 0 Å². The van der Waals surface area contributed by atoms with E-state index in [0.29, 0.717) is 29.3 Å². The Bertz CT molecular complexity index is 872. The molecule has 140 valence electrons. The van der Waals surface area contributed by atoms with Crippen LogP contribution in [0.5, 0.6) is 11.5 Å². The number of amides is 2. The molecule has 27 heavy (non-hydrogen) atoms. The van der Waals surface area contributed by atoms with Gasteiger partial charge < -0.3 is 14.4 Å². The molecule has 6 nitrogen and oxygen atoms in total. The second-order valence-corrected chi connectivity index (χ2v) is 6.29. The van der Waals surface area contributed by atoms with Crippen molar-refractivity contribution in [3.63, 3.8) is 0 Å². The molecule has 0 saturated heterocycles. The smallest absolute Gasteiger partial charge is 0.259 e. The minimum Gasteiger partial charge on any atom is -0.493 e. The topological polar surface area (TPSA) is 59.1 Å². The van der Waals surface area contributed by atoms with Gasteiger partial charge in [0.25, 0.3) is 5.91 Å². The van der Waals surface area contributed by atoms with E-state index >= 15 is 0 Å². The Morgan fingerprint density at radius 2 is 1.78 bits per heavy atom. The molecule has 3 rings (SSSR count). The fourth-order valence-corrected chi connectivity index (χ4v) is 3.18. The first kappa shape index (κ1) is 18.5. The Kier molecular flexibility index (Phi) is 5.16. The molecule has 1 aliphatic rings. The normalized spacial score (nSPS) is 12.8. The van der Waals surface area contributed by atoms with E-state index in [-0.39, 0.29) is 18.4 Å². The number of nitrogens with zero attached hydrogens (tertiary/aromatic N) is 2. The maximum absolute atomic E-state index is 12.7. The van der Waals surface area contributed by atoms with Gasteiger partial charge in [-0.3, -0.25) is 14.5 Å². The molecule has 1 aliphatic heterocycles. The van der Waals surface area contributed by atoms with Crippen molar-refractivity contribution in [3.05, 3.63) is 65.7 Å². The third-order valence-electron chi connectivity index (χ3n) is 4.65. The van der Waals surface area contributed by atoms with Crippen molar-refractivity contribution in [1.29, 1.82) is 0 Å². The second kappa shape index (κ2) is 7.53. The van der Waals surface area contributed by atoms with Crippen molar-refractivity contribution in [2.75, 3.05) is 27.8 Å². The van der Waals surface area contributed by atoms with Gasteiger partial charge in [-0.1, -0.05) is 36.9 Å². The van der Waals surface area contributed by atoms with Crippen LogP contribution in [0.1, 0.15) is 21.5 Å². The number of methoxy groups -OCH3 is 2. The molecular weight excluding hydrogens is 344 g/mol. The minimum atomic E-state index is -0.198. The summed E-state index contributed by atoms with van der Waals surface area (Å²) in [4.78, 5) is 28.3. The molecule has 1 heterocycles. The molecule has 6 heteroatoms. The first-order chi connectivity index (χ1) is 13.0. The molecule has 0 aromatic heterocycles. The average Bonchev–Trinajstić information content (AvgIpc) is 2.92. The monoisotopic (exact) mass is 366 g/mol. The van der Waals surface area contributed by atoms with Gasteiger partial charge in [0.05, 0.1) is 14.2 Å². The number of hydrogen-bond donors (Lipinski definition) is 0. The largest absolute Gasteiger partial charge is 0.493 e. The van der Waals surface area contributed by atoms with Crippen molar-refractivity contribution in [2.24, 2.45) is 0 Å². The number of benzene rings is 2. The summed E-state index contributed by atoms with van der Waals surface area (Å²) in [7, 11) is 4.82. The highest BCUT2D eigenvalue weighted by atomic mass is 16.5. The molecule has 0 saturated carbocycles. The van der Waals surface area contributed by atoms with E-state index in [4.69, 9.17) is 9.47 Å². The van der Waals surface area contributed by atoms with E-state index in [2.05, 4.69) is 6.58 Å². The molecule has 0 N–H and O–H groups in total. The van der Waals surface area contributed by atoms with Crippen molar-refractivity contribution in [1.82, 2.24) is 9.80 Å². The summed E-state index contributed by atoms with van der Waals surface area (Å²) in [6.07, 6.45) is 0. The van der Waals surface area contributed by atoms with Gasteiger partial charge in [0.15, 0.2) is 11.5 Å². The molecule has 0 fully saturated rings. The Balaban J connectivity index is 1.73. The standard InChI is InChI=1S/C21H22N2O4/c1-14-16-9-5-6-10-17(16)21(25)23(14)13-19(24)22(2)12-15-8-7-11-18(26-3)20(15)27-4/h5-11H,1,12-13H2,2-4H3. The van der Waals surface area contributed by atoms with E-state index in [9.17, 15) is 9.59 Å². The predicted molar refractivity (Wildman–Crippen MR) is 103 cm³/mol. The van der Waals surface area contributed by atoms with Gasteiger partial charge in [-0.2, -0.15) is 0 Å². The first-order valence-corrected chi connectivity index (χ1v) is 8.52. The summed E-state index contributed by atoms with van der Waals surface area (Å²) in [5.41, 5.74) is 2.72. The lowest BCUT2D eigenvalue weighted by molar-refractivity contribution is -0.130. The SMILES string of the molecule is C=C1c2ccccc2C(=O)N1CC(=O)N(C)Cc1cccc(OC)c1OC. The van der Waals surface area contributed by atoms with Crippen LogP contribution in [0.15, 0.2) is 49.0 Å². The lowest BCUT2D eigenvalue weighted by Crippen LogP contribution is -2.37. The maximum Gasteiger partial charge on any atom is 0.259 e. The van der Waals surface area contributed by atoms with Crippen LogP contribution in [0.4, 0.5) is 0 Å². The number of para-hydroxylation sites is 1. The quantitative estimate of drug-likeness (QED) is 0.789. The highest BCUT2D eigenvalue weighted by Crippen LogP contribution is 2.32. The van der Waals surface area contributed by atoms with Crippen LogP contribution in [0, 0.1) is 0 Å². The number of rotatable bonds is 6. The van der Waals surface area contributed by atoms with Crippen LogP contribution in [0.25, 0.3) is 5.70 Å². The van der Waals surface area contributed by atoms with Crippen molar-refractivity contribution in [3.8, 4) is 11.5 Å². The minimum absolute atomic E-state index is 0.0604. The molecule has 0 unspecified atom stereocenters. The van der Waals surface area contributed by atoms with Crippen LogP contribution in [-0.4, -0.2) is 49.4 Å². The zero-order valence-corrected chi connectivity index (χ0v) is 15.7. The van der Waals surface area contributed by atoms with Gasteiger partial charge in [-0.05, 0) is 12.1 Å². The van der Waals surface area contributed by atoms with Crippen molar-refractivity contribution < 1.29 is 19.1 Å². The van der Waals surface area contributed by atoms with E-state index in [1.54, 1.807) is 44.4 Å². The molecular formula is C21H22N2O4. The average molecular weight is 366 g/mol. The molecule has 0 bridgehead atoms. The highest BCUT2D eigenvalue weighted by molar-refractivity contribution is 6.10. The predicted octanol–water partition coefficient (Wildman–Crippen LogP) is 2.79. The number of carbonyl (C=O) groups is 2. The van der Waals surface area contributed by atoms with Crippen LogP contribution in [-0.2, 0) is 11.3 Å². The molecule has 0 radical (unpaired) electrons. The van der Waals surface area contributed by atoms with E-state index < -0.39 is 0 Å². The fourth-order valence-electron chi connectivity index (χ4n) is 3.18. The lowest BCUT2D eigenvalue weighted by atomic mass is 10.1. The lowest BCUT2D eigenvalue weighted by Gasteiger charge is -2.23. The van der Waals surface area contributed by atoms with Gasteiger partial charge in [0.1, 0.15) is 6.54 Å². The molecule has 0 atom stereocenters. The summed E-state index contributed by atoms with van der Waals surface area (Å²) in [5.74, 6) is 0.807. The third-order valence-corrected chi connectivity index (χ3v) is 4.65. The Morgan fingerprint density at radius 1 is 1.07 bits per heavy atom. The molecule has 2 aromatic carbocycles. The van der Waals surface area contributed by atoms with E-state index in [0.717, 1.165) is 11.1 Å². The van der Waals surface area contributed by atoms with E-state index in [1.807, 2.05) is 24.3 Å². The number of hydrogen-bond acceptors (Lipinski definition) is 4. The first-order valence-electron chi connectivity index (χ1n) is 8.52. The van der Waals surface area contributed by atoms with Gasteiger partial charge in [0.2, 0.25) is 5.91 Å². The summed E-state index contributed by atoms with van der Waals surface area (Å²) in [5, 5.41) is 0. The van der Waals surface area contributed by atoms with Crippen molar-refractivity contribution >= 4 is 17.5 Å². The van der Waals surface area contributed by atoms with Gasteiger partial charge in [0, 0.05) is 36.0 Å². The molecule has 2 amide bonds. The highest BCUT2D eigenvalue weighted by Gasteiger charge is 2.32. The third kappa shape index (κ3) is 3.38. The Hall–Kier alpha value is -3.28. The Morgan fingerprint density at radius 3 is 2.41 bits per heavy atom.